The summed E-state index contributed by atoms with van der Waals surface area (Å²) in [6, 6.07) is 15.3. The highest BCUT2D eigenvalue weighted by molar-refractivity contribution is 5.94. The predicted molar refractivity (Wildman–Crippen MR) is 84.7 cm³/mol. The fourth-order valence-corrected chi connectivity index (χ4v) is 2.30. The lowest BCUT2D eigenvalue weighted by Crippen LogP contribution is -2.27. The van der Waals surface area contributed by atoms with E-state index in [9.17, 15) is 4.79 Å². The van der Waals surface area contributed by atoms with E-state index in [-0.39, 0.29) is 11.9 Å². The van der Waals surface area contributed by atoms with Crippen LogP contribution < -0.4 is 10.1 Å². The fourth-order valence-electron chi connectivity index (χ4n) is 2.30. The van der Waals surface area contributed by atoms with Crippen molar-refractivity contribution in [3.63, 3.8) is 0 Å². The number of hydrogen-bond donors (Lipinski definition) is 1. The molecule has 0 heterocycles. The molecule has 110 valence electrons. The fraction of sp³-hybridized carbons (Fsp3) is 0.278. The van der Waals surface area contributed by atoms with Gasteiger partial charge in [-0.25, -0.2) is 0 Å². The van der Waals surface area contributed by atoms with Gasteiger partial charge in [0.05, 0.1) is 12.6 Å². The van der Waals surface area contributed by atoms with Crippen LogP contribution in [0.1, 0.15) is 41.4 Å². The first-order valence-corrected chi connectivity index (χ1v) is 7.21. The van der Waals surface area contributed by atoms with Gasteiger partial charge < -0.3 is 10.1 Å². The number of carbonyl (C=O) groups excluding carboxylic acids is 1. The van der Waals surface area contributed by atoms with Gasteiger partial charge in [0, 0.05) is 5.56 Å². The number of amides is 1. The van der Waals surface area contributed by atoms with Crippen LogP contribution in [0.15, 0.2) is 48.5 Å². The van der Waals surface area contributed by atoms with Crippen molar-refractivity contribution >= 4 is 5.91 Å². The summed E-state index contributed by atoms with van der Waals surface area (Å²) in [5.74, 6) is 0.704. The Hall–Kier alpha value is -2.29. The van der Waals surface area contributed by atoms with E-state index in [0.717, 1.165) is 11.3 Å². The molecule has 3 nitrogen and oxygen atoms in total. The highest BCUT2D eigenvalue weighted by Gasteiger charge is 2.12. The number of benzene rings is 2. The first-order valence-electron chi connectivity index (χ1n) is 7.21. The minimum Gasteiger partial charge on any atom is -0.494 e. The van der Waals surface area contributed by atoms with E-state index in [2.05, 4.69) is 18.3 Å². The minimum atomic E-state index is -0.0752. The van der Waals surface area contributed by atoms with Crippen molar-refractivity contribution < 1.29 is 9.53 Å². The van der Waals surface area contributed by atoms with Crippen molar-refractivity contribution in [3.05, 3.63) is 65.2 Å². The van der Waals surface area contributed by atoms with Gasteiger partial charge in [-0.1, -0.05) is 24.3 Å². The summed E-state index contributed by atoms with van der Waals surface area (Å²) in [5, 5.41) is 3.03. The molecule has 1 amide bonds. The summed E-state index contributed by atoms with van der Waals surface area (Å²) in [7, 11) is 0. The third-order valence-corrected chi connectivity index (χ3v) is 3.43. The van der Waals surface area contributed by atoms with Crippen LogP contribution in [0.3, 0.4) is 0 Å². The van der Waals surface area contributed by atoms with Crippen LogP contribution in [0.2, 0.25) is 0 Å². The highest BCUT2D eigenvalue weighted by atomic mass is 16.5. The molecule has 1 unspecified atom stereocenters. The van der Waals surface area contributed by atoms with Crippen LogP contribution in [0.5, 0.6) is 5.75 Å². The molecule has 0 saturated heterocycles. The van der Waals surface area contributed by atoms with Crippen molar-refractivity contribution in [2.45, 2.75) is 26.8 Å². The number of nitrogens with one attached hydrogen (secondary N) is 1. The van der Waals surface area contributed by atoms with E-state index in [1.807, 2.05) is 44.2 Å². The van der Waals surface area contributed by atoms with Crippen LogP contribution in [0.4, 0.5) is 0 Å². The van der Waals surface area contributed by atoms with E-state index >= 15 is 0 Å². The van der Waals surface area contributed by atoms with E-state index < -0.39 is 0 Å². The Kier molecular flexibility index (Phi) is 4.99. The third-order valence-electron chi connectivity index (χ3n) is 3.43. The van der Waals surface area contributed by atoms with Gasteiger partial charge in [-0.2, -0.15) is 0 Å². The van der Waals surface area contributed by atoms with Gasteiger partial charge in [0.1, 0.15) is 5.75 Å². The second kappa shape index (κ2) is 6.93. The maximum absolute atomic E-state index is 12.3. The maximum atomic E-state index is 12.3. The Bertz CT molecular complexity index is 605. The molecule has 0 aromatic heterocycles. The molecule has 1 N–H and O–H groups in total. The third kappa shape index (κ3) is 3.85. The van der Waals surface area contributed by atoms with Crippen LogP contribution in [-0.4, -0.2) is 12.5 Å². The Labute approximate surface area is 126 Å². The Balaban J connectivity index is 2.05. The summed E-state index contributed by atoms with van der Waals surface area (Å²) in [6.45, 7) is 6.60. The second-order valence-corrected chi connectivity index (χ2v) is 5.01. The molecule has 0 fully saturated rings. The molecule has 0 spiro atoms. The second-order valence-electron chi connectivity index (χ2n) is 5.01. The molecule has 0 radical (unpaired) electrons. The molecule has 0 aliphatic rings. The SMILES string of the molecule is CCOc1ccc(C(=O)NC(C)c2ccccc2C)cc1. The quantitative estimate of drug-likeness (QED) is 0.904. The summed E-state index contributed by atoms with van der Waals surface area (Å²) < 4.78 is 5.38. The van der Waals surface area contributed by atoms with Crippen molar-refractivity contribution in [2.75, 3.05) is 6.61 Å². The summed E-state index contributed by atoms with van der Waals surface area (Å²) in [5.41, 5.74) is 2.95. The summed E-state index contributed by atoms with van der Waals surface area (Å²) in [6.07, 6.45) is 0. The molecule has 2 aromatic rings. The Morgan fingerprint density at radius 2 is 1.81 bits per heavy atom. The first kappa shape index (κ1) is 15.1. The van der Waals surface area contributed by atoms with E-state index in [1.165, 1.54) is 5.56 Å². The number of ether oxygens (including phenoxy) is 1. The lowest BCUT2D eigenvalue weighted by Gasteiger charge is -2.16. The van der Waals surface area contributed by atoms with Gasteiger partial charge >= 0.3 is 0 Å². The van der Waals surface area contributed by atoms with Gasteiger partial charge in [0.15, 0.2) is 0 Å². The molecule has 0 bridgehead atoms. The number of aryl methyl sites for hydroxylation is 1. The lowest BCUT2D eigenvalue weighted by molar-refractivity contribution is 0.0940. The van der Waals surface area contributed by atoms with Gasteiger partial charge in [-0.05, 0) is 56.2 Å². The average molecular weight is 283 g/mol. The van der Waals surface area contributed by atoms with Crippen LogP contribution in [-0.2, 0) is 0 Å². The van der Waals surface area contributed by atoms with E-state index in [1.54, 1.807) is 12.1 Å². The van der Waals surface area contributed by atoms with Crippen molar-refractivity contribution in [1.29, 1.82) is 0 Å². The average Bonchev–Trinajstić information content (AvgIpc) is 2.48. The summed E-state index contributed by atoms with van der Waals surface area (Å²) in [4.78, 5) is 12.3. The maximum Gasteiger partial charge on any atom is 0.251 e. The monoisotopic (exact) mass is 283 g/mol. The molecule has 0 saturated carbocycles. The standard InChI is InChI=1S/C18H21NO2/c1-4-21-16-11-9-15(10-12-16)18(20)19-14(3)17-8-6-5-7-13(17)2/h5-12,14H,4H2,1-3H3,(H,19,20). The van der Waals surface area contributed by atoms with E-state index in [0.29, 0.717) is 12.2 Å². The normalized spacial score (nSPS) is 11.8. The van der Waals surface area contributed by atoms with Crippen LogP contribution in [0.25, 0.3) is 0 Å². The molecular formula is C18H21NO2. The van der Waals surface area contributed by atoms with Gasteiger partial charge in [0.25, 0.3) is 5.91 Å². The zero-order chi connectivity index (χ0) is 15.2. The Morgan fingerprint density at radius 3 is 2.43 bits per heavy atom. The van der Waals surface area contributed by atoms with Gasteiger partial charge in [-0.3, -0.25) is 4.79 Å². The number of rotatable bonds is 5. The molecule has 0 aliphatic carbocycles. The number of hydrogen-bond acceptors (Lipinski definition) is 2. The molecule has 2 aromatic carbocycles. The lowest BCUT2D eigenvalue weighted by atomic mass is 10.0. The first-order chi connectivity index (χ1) is 10.1. The Morgan fingerprint density at radius 1 is 1.14 bits per heavy atom. The van der Waals surface area contributed by atoms with Gasteiger partial charge in [0.2, 0.25) is 0 Å². The largest absolute Gasteiger partial charge is 0.494 e. The highest BCUT2D eigenvalue weighted by Crippen LogP contribution is 2.18. The molecule has 0 aliphatic heterocycles. The molecule has 3 heteroatoms. The molecule has 21 heavy (non-hydrogen) atoms. The van der Waals surface area contributed by atoms with Crippen molar-refractivity contribution in [2.24, 2.45) is 0 Å². The van der Waals surface area contributed by atoms with Crippen molar-refractivity contribution in [1.82, 2.24) is 5.32 Å². The smallest absolute Gasteiger partial charge is 0.251 e. The zero-order valence-corrected chi connectivity index (χ0v) is 12.7. The zero-order valence-electron chi connectivity index (χ0n) is 12.7. The van der Waals surface area contributed by atoms with Gasteiger partial charge in [-0.15, -0.1) is 0 Å². The molecular weight excluding hydrogens is 262 g/mol. The summed E-state index contributed by atoms with van der Waals surface area (Å²) >= 11 is 0. The predicted octanol–water partition coefficient (Wildman–Crippen LogP) is 3.88. The molecule has 2 rings (SSSR count). The topological polar surface area (TPSA) is 38.3 Å². The van der Waals surface area contributed by atoms with Crippen molar-refractivity contribution in [3.8, 4) is 5.75 Å². The number of carbonyl (C=O) groups is 1. The van der Waals surface area contributed by atoms with Crippen LogP contribution in [0, 0.1) is 6.92 Å². The van der Waals surface area contributed by atoms with Crippen LogP contribution >= 0.6 is 0 Å². The minimum absolute atomic E-state index is 0.0229. The molecule has 1 atom stereocenters. The van der Waals surface area contributed by atoms with E-state index in [4.69, 9.17) is 4.74 Å².